The minimum atomic E-state index is -0.182. The summed E-state index contributed by atoms with van der Waals surface area (Å²) in [5.41, 5.74) is 0.706. The smallest absolute Gasteiger partial charge is 0.262 e. The van der Waals surface area contributed by atoms with Crippen molar-refractivity contribution in [1.29, 1.82) is 0 Å². The molecule has 1 saturated carbocycles. The molecule has 0 radical (unpaired) electrons. The molecule has 2 rings (SSSR count). The van der Waals surface area contributed by atoms with Crippen LogP contribution in [0, 0.1) is 17.8 Å². The molecule has 4 heteroatoms. The Morgan fingerprint density at radius 1 is 1.47 bits per heavy atom. The van der Waals surface area contributed by atoms with Crippen molar-refractivity contribution in [2.45, 2.75) is 32.1 Å². The van der Waals surface area contributed by atoms with Gasteiger partial charge in [-0.15, -0.1) is 11.3 Å². The fraction of sp³-hybridized carbons (Fsp3) is 0.533. The topological polar surface area (TPSA) is 49.3 Å². The summed E-state index contributed by atoms with van der Waals surface area (Å²) in [5, 5.41) is 13.5. The minimum Gasteiger partial charge on any atom is -0.384 e. The van der Waals surface area contributed by atoms with Crippen molar-refractivity contribution in [1.82, 2.24) is 5.32 Å². The molecular weight excluding hydrogens is 258 g/mol. The number of rotatable bonds is 4. The minimum absolute atomic E-state index is 0.0461. The van der Waals surface area contributed by atoms with Crippen LogP contribution in [0.2, 0.25) is 0 Å². The largest absolute Gasteiger partial charge is 0.384 e. The number of thiophene rings is 1. The van der Waals surface area contributed by atoms with Crippen LogP contribution >= 0.6 is 11.3 Å². The fourth-order valence-corrected chi connectivity index (χ4v) is 3.25. The Morgan fingerprint density at radius 2 is 2.26 bits per heavy atom. The van der Waals surface area contributed by atoms with Gasteiger partial charge in [0.05, 0.1) is 0 Å². The average molecular weight is 277 g/mol. The van der Waals surface area contributed by atoms with Gasteiger partial charge in [-0.05, 0) is 23.8 Å². The molecule has 1 aliphatic rings. The maximum Gasteiger partial charge on any atom is 0.262 e. The SMILES string of the molecule is O=C(NCCC1CCCC1)c1sccc1C#CCO. The van der Waals surface area contributed by atoms with Crippen LogP contribution in [0.5, 0.6) is 0 Å². The zero-order chi connectivity index (χ0) is 13.5. The van der Waals surface area contributed by atoms with Crippen LogP contribution in [0.3, 0.4) is 0 Å². The zero-order valence-corrected chi connectivity index (χ0v) is 11.8. The summed E-state index contributed by atoms with van der Waals surface area (Å²) in [5.74, 6) is 6.13. The fourth-order valence-electron chi connectivity index (χ4n) is 2.49. The number of carbonyl (C=O) groups excluding carboxylic acids is 1. The summed E-state index contributed by atoms with van der Waals surface area (Å²) < 4.78 is 0. The van der Waals surface area contributed by atoms with Crippen molar-refractivity contribution < 1.29 is 9.90 Å². The third-order valence-corrected chi connectivity index (χ3v) is 4.40. The maximum absolute atomic E-state index is 12.0. The highest BCUT2D eigenvalue weighted by Gasteiger charge is 2.16. The normalized spacial score (nSPS) is 15.0. The third kappa shape index (κ3) is 4.09. The third-order valence-electron chi connectivity index (χ3n) is 3.49. The first-order valence-corrected chi connectivity index (χ1v) is 7.64. The monoisotopic (exact) mass is 277 g/mol. The molecule has 1 fully saturated rings. The van der Waals surface area contributed by atoms with E-state index in [1.165, 1.54) is 37.0 Å². The Balaban J connectivity index is 1.83. The highest BCUT2D eigenvalue weighted by atomic mass is 32.1. The van der Waals surface area contributed by atoms with E-state index in [-0.39, 0.29) is 12.5 Å². The molecule has 0 unspecified atom stereocenters. The quantitative estimate of drug-likeness (QED) is 0.830. The second-order valence-electron chi connectivity index (χ2n) is 4.82. The van der Waals surface area contributed by atoms with Gasteiger partial charge in [0.1, 0.15) is 11.5 Å². The molecule has 1 aliphatic carbocycles. The van der Waals surface area contributed by atoms with Gasteiger partial charge in [-0.3, -0.25) is 4.79 Å². The summed E-state index contributed by atoms with van der Waals surface area (Å²) in [7, 11) is 0. The predicted molar refractivity (Wildman–Crippen MR) is 77.2 cm³/mol. The van der Waals surface area contributed by atoms with Gasteiger partial charge in [0, 0.05) is 12.1 Å². The van der Waals surface area contributed by atoms with Crippen LogP contribution in [-0.4, -0.2) is 24.2 Å². The van der Waals surface area contributed by atoms with E-state index < -0.39 is 0 Å². The van der Waals surface area contributed by atoms with E-state index in [1.807, 2.05) is 11.4 Å². The molecule has 0 aromatic carbocycles. The highest BCUT2D eigenvalue weighted by Crippen LogP contribution is 2.27. The van der Waals surface area contributed by atoms with Crippen LogP contribution in [0.4, 0.5) is 0 Å². The van der Waals surface area contributed by atoms with Crippen molar-refractivity contribution in [3.05, 3.63) is 21.9 Å². The van der Waals surface area contributed by atoms with Crippen molar-refractivity contribution >= 4 is 17.2 Å². The molecule has 19 heavy (non-hydrogen) atoms. The van der Waals surface area contributed by atoms with Gasteiger partial charge in [0.15, 0.2) is 0 Å². The number of aliphatic hydroxyl groups excluding tert-OH is 1. The van der Waals surface area contributed by atoms with Crippen LogP contribution in [0.25, 0.3) is 0 Å². The first kappa shape index (κ1) is 14.1. The van der Waals surface area contributed by atoms with Crippen molar-refractivity contribution in [3.63, 3.8) is 0 Å². The first-order chi connectivity index (χ1) is 9.31. The van der Waals surface area contributed by atoms with Crippen LogP contribution in [0.1, 0.15) is 47.3 Å². The van der Waals surface area contributed by atoms with Crippen molar-refractivity contribution in [2.24, 2.45) is 5.92 Å². The van der Waals surface area contributed by atoms with Gasteiger partial charge < -0.3 is 10.4 Å². The summed E-state index contributed by atoms with van der Waals surface area (Å²) >= 11 is 1.39. The summed E-state index contributed by atoms with van der Waals surface area (Å²) in [6, 6.07) is 1.82. The molecule has 1 aromatic rings. The molecule has 1 amide bonds. The standard InChI is InChI=1S/C15H19NO2S/c17-10-3-6-13-8-11-19-14(13)15(18)16-9-7-12-4-1-2-5-12/h8,11-12,17H,1-2,4-5,7,9-10H2,(H,16,18). The molecule has 0 atom stereocenters. The maximum atomic E-state index is 12.0. The van der Waals surface area contributed by atoms with Crippen LogP contribution in [0.15, 0.2) is 11.4 Å². The predicted octanol–water partition coefficient (Wildman–Crippen LogP) is 2.40. The lowest BCUT2D eigenvalue weighted by Crippen LogP contribution is -2.25. The molecular formula is C15H19NO2S. The second kappa shape index (κ2) is 7.32. The number of carbonyl (C=O) groups is 1. The molecule has 3 nitrogen and oxygen atoms in total. The number of amides is 1. The zero-order valence-electron chi connectivity index (χ0n) is 10.9. The summed E-state index contributed by atoms with van der Waals surface area (Å²) in [4.78, 5) is 12.7. The Morgan fingerprint density at radius 3 is 3.00 bits per heavy atom. The van der Waals surface area contributed by atoms with E-state index in [2.05, 4.69) is 17.2 Å². The summed E-state index contributed by atoms with van der Waals surface area (Å²) in [6.45, 7) is 0.562. The van der Waals surface area contributed by atoms with Gasteiger partial charge in [-0.1, -0.05) is 37.5 Å². The number of hydrogen-bond donors (Lipinski definition) is 2. The molecule has 1 aromatic heterocycles. The number of nitrogens with one attached hydrogen (secondary N) is 1. The van der Waals surface area contributed by atoms with Gasteiger partial charge in [0.2, 0.25) is 0 Å². The van der Waals surface area contributed by atoms with E-state index in [0.717, 1.165) is 18.9 Å². The molecule has 0 spiro atoms. The van der Waals surface area contributed by atoms with E-state index in [9.17, 15) is 4.79 Å². The van der Waals surface area contributed by atoms with E-state index in [1.54, 1.807) is 0 Å². The van der Waals surface area contributed by atoms with Gasteiger partial charge in [-0.2, -0.15) is 0 Å². The van der Waals surface area contributed by atoms with Gasteiger partial charge in [-0.25, -0.2) is 0 Å². The first-order valence-electron chi connectivity index (χ1n) is 6.76. The Labute approximate surface area is 118 Å². The van der Waals surface area contributed by atoms with E-state index in [4.69, 9.17) is 5.11 Å². The molecule has 0 saturated heterocycles. The lowest BCUT2D eigenvalue weighted by Gasteiger charge is -2.09. The van der Waals surface area contributed by atoms with Gasteiger partial charge >= 0.3 is 0 Å². The van der Waals surface area contributed by atoms with E-state index >= 15 is 0 Å². The molecule has 0 bridgehead atoms. The average Bonchev–Trinajstić information content (AvgIpc) is 3.07. The van der Waals surface area contributed by atoms with Crippen molar-refractivity contribution in [3.8, 4) is 11.8 Å². The lowest BCUT2D eigenvalue weighted by atomic mass is 10.0. The molecule has 2 N–H and O–H groups in total. The van der Waals surface area contributed by atoms with Crippen LogP contribution in [-0.2, 0) is 0 Å². The molecule has 102 valence electrons. The van der Waals surface area contributed by atoms with Crippen molar-refractivity contribution in [2.75, 3.05) is 13.2 Å². The molecule has 1 heterocycles. The Hall–Kier alpha value is -1.31. The summed E-state index contributed by atoms with van der Waals surface area (Å²) in [6.07, 6.45) is 6.37. The lowest BCUT2D eigenvalue weighted by molar-refractivity contribution is 0.0955. The van der Waals surface area contributed by atoms with Gasteiger partial charge in [0.25, 0.3) is 5.91 Å². The Kier molecular flexibility index (Phi) is 5.44. The number of hydrogen-bond acceptors (Lipinski definition) is 3. The Bertz CT molecular complexity index is 478. The number of aliphatic hydroxyl groups is 1. The second-order valence-corrected chi connectivity index (χ2v) is 5.73. The van der Waals surface area contributed by atoms with E-state index in [0.29, 0.717) is 10.4 Å². The molecule has 0 aliphatic heterocycles. The van der Waals surface area contributed by atoms with Crippen LogP contribution < -0.4 is 5.32 Å². The highest BCUT2D eigenvalue weighted by molar-refractivity contribution is 7.12.